The molecule has 2 aromatic rings. The summed E-state index contributed by atoms with van der Waals surface area (Å²) in [5, 5.41) is 7.00. The Morgan fingerprint density at radius 2 is 2.14 bits per heavy atom. The third-order valence-electron chi connectivity index (χ3n) is 3.47. The molecule has 21 heavy (non-hydrogen) atoms. The summed E-state index contributed by atoms with van der Waals surface area (Å²) < 4.78 is 1.72. The molecular weight excluding hydrogens is 266 g/mol. The van der Waals surface area contributed by atoms with Crippen molar-refractivity contribution in [3.05, 3.63) is 48.0 Å². The molecule has 2 amide bonds. The van der Waals surface area contributed by atoms with E-state index in [1.54, 1.807) is 28.2 Å². The van der Waals surface area contributed by atoms with E-state index in [1.807, 2.05) is 32.4 Å². The average Bonchev–Trinajstić information content (AvgIpc) is 2.92. The van der Waals surface area contributed by atoms with E-state index in [0.29, 0.717) is 6.54 Å². The van der Waals surface area contributed by atoms with Crippen LogP contribution < -0.4 is 5.32 Å². The molecule has 6 nitrogen and oxygen atoms in total. The number of aryl methyl sites for hydroxylation is 1. The fourth-order valence-electron chi connectivity index (χ4n) is 2.33. The maximum Gasteiger partial charge on any atom is 0.317 e. The molecule has 2 rings (SSSR count). The van der Waals surface area contributed by atoms with Crippen LogP contribution in [0.2, 0.25) is 0 Å². The van der Waals surface area contributed by atoms with Gasteiger partial charge in [0.15, 0.2) is 0 Å². The highest BCUT2D eigenvalue weighted by Gasteiger charge is 2.19. The Morgan fingerprint density at radius 3 is 2.71 bits per heavy atom. The van der Waals surface area contributed by atoms with Crippen LogP contribution in [-0.2, 0) is 13.6 Å². The predicted molar refractivity (Wildman–Crippen MR) is 80.5 cm³/mol. The predicted octanol–water partition coefficient (Wildman–Crippen LogP) is 2.11. The Bertz CT molecular complexity index is 581. The van der Waals surface area contributed by atoms with Gasteiger partial charge in [0.05, 0.1) is 12.2 Å². The highest BCUT2D eigenvalue weighted by Crippen LogP contribution is 2.22. The first-order valence-corrected chi connectivity index (χ1v) is 7.00. The van der Waals surface area contributed by atoms with E-state index >= 15 is 0 Å². The van der Waals surface area contributed by atoms with Gasteiger partial charge >= 0.3 is 6.03 Å². The zero-order valence-corrected chi connectivity index (χ0v) is 12.7. The number of pyridine rings is 1. The van der Waals surface area contributed by atoms with Gasteiger partial charge in [0.2, 0.25) is 0 Å². The van der Waals surface area contributed by atoms with Crippen LogP contribution in [0.4, 0.5) is 4.79 Å². The Kier molecular flexibility index (Phi) is 4.92. The molecule has 0 bridgehead atoms. The second kappa shape index (κ2) is 6.88. The quantitative estimate of drug-likeness (QED) is 0.916. The molecule has 0 saturated carbocycles. The Hall–Kier alpha value is -2.37. The number of carbonyl (C=O) groups is 1. The lowest BCUT2D eigenvalue weighted by molar-refractivity contribution is 0.188. The fraction of sp³-hybridized carbons (Fsp3) is 0.400. The Balaban J connectivity index is 1.97. The zero-order chi connectivity index (χ0) is 15.2. The first-order valence-electron chi connectivity index (χ1n) is 7.00. The molecule has 112 valence electrons. The molecule has 0 fully saturated rings. The van der Waals surface area contributed by atoms with Gasteiger partial charge in [-0.25, -0.2) is 4.79 Å². The largest absolute Gasteiger partial charge is 0.334 e. The van der Waals surface area contributed by atoms with Gasteiger partial charge in [-0.1, -0.05) is 6.92 Å². The second-order valence-corrected chi connectivity index (χ2v) is 5.00. The first-order chi connectivity index (χ1) is 10.1. The van der Waals surface area contributed by atoms with E-state index in [4.69, 9.17) is 0 Å². The number of carbonyl (C=O) groups excluding carboxylic acids is 1. The van der Waals surface area contributed by atoms with Gasteiger partial charge in [0.25, 0.3) is 0 Å². The molecule has 1 unspecified atom stereocenters. The van der Waals surface area contributed by atoms with E-state index in [2.05, 4.69) is 22.3 Å². The van der Waals surface area contributed by atoms with Crippen molar-refractivity contribution < 1.29 is 4.79 Å². The normalized spacial score (nSPS) is 12.0. The first kappa shape index (κ1) is 15.0. The van der Waals surface area contributed by atoms with Gasteiger partial charge in [0, 0.05) is 44.8 Å². The van der Waals surface area contributed by atoms with E-state index < -0.39 is 0 Å². The van der Waals surface area contributed by atoms with Gasteiger partial charge in [-0.2, -0.15) is 5.10 Å². The minimum Gasteiger partial charge on any atom is -0.334 e. The van der Waals surface area contributed by atoms with E-state index in [9.17, 15) is 4.79 Å². The standard InChI is InChI=1S/C15H21N5O/c1-4-14(13-5-7-16-8-6-13)20(3)15(21)17-9-12-10-18-19(2)11-12/h5-8,10-11,14H,4,9H2,1-3H3,(H,17,21). The minimum absolute atomic E-state index is 0.0434. The van der Waals surface area contributed by atoms with Crippen molar-refractivity contribution in [2.24, 2.45) is 7.05 Å². The lowest BCUT2D eigenvalue weighted by Crippen LogP contribution is -2.39. The SMILES string of the molecule is CCC(c1ccncc1)N(C)C(=O)NCc1cnn(C)c1. The van der Waals surface area contributed by atoms with Crippen LogP contribution in [0.5, 0.6) is 0 Å². The summed E-state index contributed by atoms with van der Waals surface area (Å²) in [6.45, 7) is 2.54. The van der Waals surface area contributed by atoms with Crippen LogP contribution in [0.15, 0.2) is 36.9 Å². The zero-order valence-electron chi connectivity index (χ0n) is 12.7. The van der Waals surface area contributed by atoms with Crippen molar-refractivity contribution >= 4 is 6.03 Å². The van der Waals surface area contributed by atoms with Gasteiger partial charge in [0.1, 0.15) is 0 Å². The monoisotopic (exact) mass is 287 g/mol. The summed E-state index contributed by atoms with van der Waals surface area (Å²) in [5.74, 6) is 0. The molecule has 0 aliphatic rings. The van der Waals surface area contributed by atoms with Crippen LogP contribution in [0.1, 0.15) is 30.5 Å². The summed E-state index contributed by atoms with van der Waals surface area (Å²) in [4.78, 5) is 18.0. The van der Waals surface area contributed by atoms with Gasteiger partial charge in [-0.3, -0.25) is 9.67 Å². The van der Waals surface area contributed by atoms with Crippen molar-refractivity contribution in [3.8, 4) is 0 Å². The summed E-state index contributed by atoms with van der Waals surface area (Å²) in [6, 6.07) is 3.84. The van der Waals surface area contributed by atoms with Crippen molar-refractivity contribution in [1.82, 2.24) is 25.0 Å². The number of aromatic nitrogens is 3. The second-order valence-electron chi connectivity index (χ2n) is 5.00. The third-order valence-corrected chi connectivity index (χ3v) is 3.47. The Labute approximate surface area is 124 Å². The number of hydrogen-bond acceptors (Lipinski definition) is 3. The average molecular weight is 287 g/mol. The van der Waals surface area contributed by atoms with Gasteiger partial charge < -0.3 is 10.2 Å². The summed E-state index contributed by atoms with van der Waals surface area (Å²) in [7, 11) is 3.67. The highest BCUT2D eigenvalue weighted by molar-refractivity contribution is 5.74. The lowest BCUT2D eigenvalue weighted by atomic mass is 10.1. The van der Waals surface area contributed by atoms with E-state index in [1.165, 1.54) is 0 Å². The molecule has 1 N–H and O–H groups in total. The molecular formula is C15H21N5O. The molecule has 1 atom stereocenters. The number of nitrogens with one attached hydrogen (secondary N) is 1. The molecule has 0 aliphatic heterocycles. The lowest BCUT2D eigenvalue weighted by Gasteiger charge is -2.27. The van der Waals surface area contributed by atoms with Crippen molar-refractivity contribution in [1.29, 1.82) is 0 Å². The van der Waals surface area contributed by atoms with Crippen molar-refractivity contribution in [3.63, 3.8) is 0 Å². The van der Waals surface area contributed by atoms with Crippen LogP contribution >= 0.6 is 0 Å². The molecule has 0 saturated heterocycles. The topological polar surface area (TPSA) is 63.1 Å². The number of urea groups is 1. The molecule has 0 radical (unpaired) electrons. The van der Waals surface area contributed by atoms with E-state index in [-0.39, 0.29) is 12.1 Å². The molecule has 0 aliphatic carbocycles. The number of hydrogen-bond donors (Lipinski definition) is 1. The van der Waals surface area contributed by atoms with Gasteiger partial charge in [-0.15, -0.1) is 0 Å². The molecule has 6 heteroatoms. The highest BCUT2D eigenvalue weighted by atomic mass is 16.2. The smallest absolute Gasteiger partial charge is 0.317 e. The minimum atomic E-state index is -0.0949. The van der Waals surface area contributed by atoms with E-state index in [0.717, 1.165) is 17.5 Å². The molecule has 2 aromatic heterocycles. The van der Waals surface area contributed by atoms with Crippen molar-refractivity contribution in [2.75, 3.05) is 7.05 Å². The number of amides is 2. The number of nitrogens with zero attached hydrogens (tertiary/aromatic N) is 4. The van der Waals surface area contributed by atoms with Crippen LogP contribution in [0.25, 0.3) is 0 Å². The van der Waals surface area contributed by atoms with Crippen molar-refractivity contribution in [2.45, 2.75) is 25.9 Å². The van der Waals surface area contributed by atoms with Gasteiger partial charge in [-0.05, 0) is 24.1 Å². The molecule has 0 spiro atoms. The maximum atomic E-state index is 12.3. The summed E-state index contributed by atoms with van der Waals surface area (Å²) in [5.41, 5.74) is 2.07. The van der Waals surface area contributed by atoms with Crippen LogP contribution in [0, 0.1) is 0 Å². The molecule has 2 heterocycles. The molecule has 0 aromatic carbocycles. The summed E-state index contributed by atoms with van der Waals surface area (Å²) in [6.07, 6.45) is 7.99. The third kappa shape index (κ3) is 3.81. The maximum absolute atomic E-state index is 12.3. The Morgan fingerprint density at radius 1 is 1.43 bits per heavy atom. The fourth-order valence-corrected chi connectivity index (χ4v) is 2.33. The summed E-state index contributed by atoms with van der Waals surface area (Å²) >= 11 is 0. The van der Waals surface area contributed by atoms with Crippen LogP contribution in [0.3, 0.4) is 0 Å². The van der Waals surface area contributed by atoms with Crippen LogP contribution in [-0.4, -0.2) is 32.7 Å². The number of rotatable bonds is 5.